The molecule has 1 rings (SSSR count). The highest BCUT2D eigenvalue weighted by atomic mass is 15.2. The molecule has 1 aliphatic carbocycles. The van der Waals surface area contributed by atoms with Crippen molar-refractivity contribution >= 4 is 0 Å². The van der Waals surface area contributed by atoms with Gasteiger partial charge in [0.15, 0.2) is 0 Å². The first kappa shape index (κ1) is 11.8. The van der Waals surface area contributed by atoms with Crippen LogP contribution >= 0.6 is 0 Å². The van der Waals surface area contributed by atoms with Crippen LogP contribution in [0.15, 0.2) is 12.7 Å². The van der Waals surface area contributed by atoms with Crippen molar-refractivity contribution in [2.75, 3.05) is 7.05 Å². The van der Waals surface area contributed by atoms with Crippen molar-refractivity contribution in [1.82, 2.24) is 4.90 Å². The third kappa shape index (κ3) is 2.38. The number of likely N-dealkylation sites (N-methyl/N-ethyl adjacent to an activating group) is 1. The van der Waals surface area contributed by atoms with Crippen molar-refractivity contribution in [2.24, 2.45) is 11.8 Å². The van der Waals surface area contributed by atoms with Gasteiger partial charge in [-0.1, -0.05) is 33.3 Å². The SMILES string of the molecule is C=CC(C(C)C(C)C)N(C)C1CCC1. The van der Waals surface area contributed by atoms with Gasteiger partial charge in [-0.15, -0.1) is 6.58 Å². The van der Waals surface area contributed by atoms with Crippen LogP contribution in [0.2, 0.25) is 0 Å². The highest BCUT2D eigenvalue weighted by molar-refractivity contribution is 4.95. The van der Waals surface area contributed by atoms with Crippen LogP contribution < -0.4 is 0 Å². The van der Waals surface area contributed by atoms with Gasteiger partial charge < -0.3 is 0 Å². The molecule has 0 bridgehead atoms. The van der Waals surface area contributed by atoms with Gasteiger partial charge in [0.25, 0.3) is 0 Å². The van der Waals surface area contributed by atoms with Crippen molar-refractivity contribution < 1.29 is 0 Å². The van der Waals surface area contributed by atoms with E-state index >= 15 is 0 Å². The summed E-state index contributed by atoms with van der Waals surface area (Å²) in [6, 6.07) is 1.37. The van der Waals surface area contributed by atoms with Crippen molar-refractivity contribution in [3.8, 4) is 0 Å². The molecule has 0 spiro atoms. The number of hydrogen-bond donors (Lipinski definition) is 0. The van der Waals surface area contributed by atoms with Gasteiger partial charge >= 0.3 is 0 Å². The van der Waals surface area contributed by atoms with E-state index in [-0.39, 0.29) is 0 Å². The fourth-order valence-electron chi connectivity index (χ4n) is 2.18. The summed E-state index contributed by atoms with van der Waals surface area (Å²) in [6.45, 7) is 10.9. The van der Waals surface area contributed by atoms with Crippen molar-refractivity contribution in [3.05, 3.63) is 12.7 Å². The normalized spacial score (nSPS) is 22.1. The van der Waals surface area contributed by atoms with E-state index in [0.717, 1.165) is 12.0 Å². The summed E-state index contributed by atoms with van der Waals surface area (Å²) in [6.07, 6.45) is 6.30. The molecule has 0 saturated heterocycles. The molecule has 1 nitrogen and oxygen atoms in total. The highest BCUT2D eigenvalue weighted by Crippen LogP contribution is 2.29. The minimum absolute atomic E-state index is 0.556. The molecular weight excluding hydrogens is 170 g/mol. The number of rotatable bonds is 5. The molecule has 1 heteroatoms. The van der Waals surface area contributed by atoms with E-state index < -0.39 is 0 Å². The van der Waals surface area contributed by atoms with Gasteiger partial charge in [0, 0.05) is 12.1 Å². The molecule has 0 aliphatic heterocycles. The number of hydrogen-bond acceptors (Lipinski definition) is 1. The van der Waals surface area contributed by atoms with Crippen molar-refractivity contribution in [3.63, 3.8) is 0 Å². The Morgan fingerprint density at radius 2 is 1.86 bits per heavy atom. The minimum atomic E-state index is 0.556. The third-order valence-electron chi connectivity index (χ3n) is 3.95. The molecule has 0 aromatic heterocycles. The zero-order valence-electron chi connectivity index (χ0n) is 10.2. The molecular formula is C13H25N. The quantitative estimate of drug-likeness (QED) is 0.608. The topological polar surface area (TPSA) is 3.24 Å². The lowest BCUT2D eigenvalue weighted by molar-refractivity contribution is 0.0919. The molecule has 0 aromatic carbocycles. The second-order valence-corrected chi connectivity index (χ2v) is 5.08. The summed E-state index contributed by atoms with van der Waals surface area (Å²) in [5, 5.41) is 0. The summed E-state index contributed by atoms with van der Waals surface area (Å²) < 4.78 is 0. The van der Waals surface area contributed by atoms with E-state index in [1.165, 1.54) is 19.3 Å². The average molecular weight is 195 g/mol. The Labute approximate surface area is 89.2 Å². The van der Waals surface area contributed by atoms with Crippen LogP contribution in [0.5, 0.6) is 0 Å². The van der Waals surface area contributed by atoms with Crippen LogP contribution in [-0.4, -0.2) is 24.0 Å². The molecule has 0 aromatic rings. The molecule has 0 heterocycles. The second kappa shape index (κ2) is 4.97. The summed E-state index contributed by atoms with van der Waals surface area (Å²) >= 11 is 0. The van der Waals surface area contributed by atoms with Gasteiger partial charge in [0.1, 0.15) is 0 Å². The lowest BCUT2D eigenvalue weighted by atomic mass is 9.85. The van der Waals surface area contributed by atoms with Crippen LogP contribution in [0.4, 0.5) is 0 Å². The lowest BCUT2D eigenvalue weighted by Gasteiger charge is -2.42. The van der Waals surface area contributed by atoms with E-state index in [2.05, 4.69) is 45.4 Å². The van der Waals surface area contributed by atoms with E-state index in [1.54, 1.807) is 0 Å². The standard InChI is InChI=1S/C13H25N/c1-6-13(11(4)10(2)3)14(5)12-8-7-9-12/h6,10-13H,1,7-9H2,2-5H3. The summed E-state index contributed by atoms with van der Waals surface area (Å²) in [5.74, 6) is 1.44. The van der Waals surface area contributed by atoms with Gasteiger partial charge in [0.2, 0.25) is 0 Å². The maximum absolute atomic E-state index is 3.98. The molecule has 1 fully saturated rings. The smallest absolute Gasteiger partial charge is 0.0303 e. The molecule has 1 saturated carbocycles. The monoisotopic (exact) mass is 195 g/mol. The van der Waals surface area contributed by atoms with E-state index in [4.69, 9.17) is 0 Å². The van der Waals surface area contributed by atoms with Crippen molar-refractivity contribution in [1.29, 1.82) is 0 Å². The Bertz CT molecular complexity index is 182. The Hall–Kier alpha value is -0.300. The Morgan fingerprint density at radius 3 is 2.14 bits per heavy atom. The minimum Gasteiger partial charge on any atom is -0.297 e. The molecule has 14 heavy (non-hydrogen) atoms. The fraction of sp³-hybridized carbons (Fsp3) is 0.846. The first-order chi connectivity index (χ1) is 6.57. The van der Waals surface area contributed by atoms with Crippen LogP contribution in [0.1, 0.15) is 40.0 Å². The van der Waals surface area contributed by atoms with Gasteiger partial charge in [-0.25, -0.2) is 0 Å². The first-order valence-corrected chi connectivity index (χ1v) is 5.92. The predicted molar refractivity (Wildman–Crippen MR) is 63.4 cm³/mol. The van der Waals surface area contributed by atoms with Crippen molar-refractivity contribution in [2.45, 2.75) is 52.1 Å². The van der Waals surface area contributed by atoms with Gasteiger partial charge in [0.05, 0.1) is 0 Å². The maximum atomic E-state index is 3.98. The molecule has 2 unspecified atom stereocenters. The molecule has 0 radical (unpaired) electrons. The van der Waals surface area contributed by atoms with E-state index in [9.17, 15) is 0 Å². The largest absolute Gasteiger partial charge is 0.297 e. The van der Waals surface area contributed by atoms with Gasteiger partial charge in [-0.2, -0.15) is 0 Å². The van der Waals surface area contributed by atoms with Gasteiger partial charge in [-0.05, 0) is 31.7 Å². The van der Waals surface area contributed by atoms with Crippen LogP contribution in [0.25, 0.3) is 0 Å². The maximum Gasteiger partial charge on any atom is 0.0303 e. The summed E-state index contributed by atoms with van der Waals surface area (Å²) in [4.78, 5) is 2.53. The van der Waals surface area contributed by atoms with Crippen LogP contribution in [0.3, 0.4) is 0 Å². The average Bonchev–Trinajstić information content (AvgIpc) is 2.01. The first-order valence-electron chi connectivity index (χ1n) is 5.92. The lowest BCUT2D eigenvalue weighted by Crippen LogP contribution is -2.46. The predicted octanol–water partition coefficient (Wildman–Crippen LogP) is 3.32. The van der Waals surface area contributed by atoms with Gasteiger partial charge in [-0.3, -0.25) is 4.90 Å². The molecule has 82 valence electrons. The fourth-order valence-corrected chi connectivity index (χ4v) is 2.18. The van der Waals surface area contributed by atoms with Crippen LogP contribution in [0, 0.1) is 11.8 Å². The Balaban J connectivity index is 2.55. The second-order valence-electron chi connectivity index (χ2n) is 5.08. The third-order valence-corrected chi connectivity index (χ3v) is 3.95. The summed E-state index contributed by atoms with van der Waals surface area (Å²) in [5.41, 5.74) is 0. The summed E-state index contributed by atoms with van der Waals surface area (Å²) in [7, 11) is 2.26. The molecule has 1 aliphatic rings. The number of nitrogens with zero attached hydrogens (tertiary/aromatic N) is 1. The molecule has 0 amide bonds. The Morgan fingerprint density at radius 1 is 1.29 bits per heavy atom. The molecule has 0 N–H and O–H groups in total. The van der Waals surface area contributed by atoms with Crippen LogP contribution in [-0.2, 0) is 0 Å². The Kier molecular flexibility index (Phi) is 4.18. The van der Waals surface area contributed by atoms with E-state index in [1.807, 2.05) is 0 Å². The zero-order valence-corrected chi connectivity index (χ0v) is 10.2. The van der Waals surface area contributed by atoms with E-state index in [0.29, 0.717) is 12.0 Å². The highest BCUT2D eigenvalue weighted by Gasteiger charge is 2.29. The molecule has 2 atom stereocenters. The zero-order chi connectivity index (χ0) is 10.7.